The molecule has 6 aromatic rings. The van der Waals surface area contributed by atoms with Crippen LogP contribution in [-0.4, -0.2) is 50.7 Å². The van der Waals surface area contributed by atoms with Gasteiger partial charge >= 0.3 is 0 Å². The maximum atomic E-state index is 15.4. The van der Waals surface area contributed by atoms with Gasteiger partial charge in [-0.15, -0.1) is 0 Å². The van der Waals surface area contributed by atoms with Crippen LogP contribution in [-0.2, 0) is 21.4 Å². The molecule has 0 bridgehead atoms. The average molecular weight is 643 g/mol. The van der Waals surface area contributed by atoms with Crippen LogP contribution in [0.3, 0.4) is 0 Å². The Kier molecular flexibility index (Phi) is 7.53. The third kappa shape index (κ3) is 5.96. The Labute approximate surface area is 261 Å². The van der Waals surface area contributed by atoms with Gasteiger partial charge in [0.05, 0.1) is 29.4 Å². The first-order valence-electron chi connectivity index (χ1n) is 14.6. The molecule has 46 heavy (non-hydrogen) atoms. The van der Waals surface area contributed by atoms with Gasteiger partial charge in [-0.05, 0) is 66.4 Å². The SMILES string of the molecule is CS(=O)(=O)NCc1cc(F)cc(-c2nccc3[nH]c(-c4[nH]nc5c(F)cc(-c6cncc(NC(=O)C7CCCC7)c6)cc45)nc23)c1. The second-order valence-corrected chi connectivity index (χ2v) is 13.3. The van der Waals surface area contributed by atoms with Gasteiger partial charge in [0.2, 0.25) is 15.9 Å². The lowest BCUT2D eigenvalue weighted by Gasteiger charge is -2.11. The van der Waals surface area contributed by atoms with Gasteiger partial charge in [0, 0.05) is 41.4 Å². The molecule has 4 aromatic heterocycles. The van der Waals surface area contributed by atoms with Gasteiger partial charge in [0.1, 0.15) is 22.5 Å². The molecule has 0 spiro atoms. The van der Waals surface area contributed by atoms with Gasteiger partial charge in [0.25, 0.3) is 0 Å². The Hall–Kier alpha value is -5.08. The van der Waals surface area contributed by atoms with Crippen LogP contribution >= 0.6 is 0 Å². The molecule has 1 saturated carbocycles. The van der Waals surface area contributed by atoms with Crippen LogP contribution in [0, 0.1) is 17.6 Å². The highest BCUT2D eigenvalue weighted by Crippen LogP contribution is 2.35. The van der Waals surface area contributed by atoms with E-state index in [9.17, 15) is 17.6 Å². The second-order valence-electron chi connectivity index (χ2n) is 11.5. The van der Waals surface area contributed by atoms with Crippen molar-refractivity contribution in [1.82, 2.24) is 34.9 Å². The van der Waals surface area contributed by atoms with Gasteiger partial charge < -0.3 is 10.3 Å². The molecule has 1 fully saturated rings. The number of hydrogen-bond acceptors (Lipinski definition) is 7. The van der Waals surface area contributed by atoms with Crippen LogP contribution in [0.1, 0.15) is 31.2 Å². The van der Waals surface area contributed by atoms with E-state index in [0.717, 1.165) is 31.9 Å². The Bertz CT molecular complexity index is 2240. The monoisotopic (exact) mass is 642 g/mol. The minimum atomic E-state index is -3.48. The van der Waals surface area contributed by atoms with Gasteiger partial charge in [-0.2, -0.15) is 5.10 Å². The number of fused-ring (bicyclic) bond motifs is 2. The minimum Gasteiger partial charge on any atom is -0.337 e. The van der Waals surface area contributed by atoms with Crippen molar-refractivity contribution in [3.8, 4) is 33.9 Å². The highest BCUT2D eigenvalue weighted by atomic mass is 32.2. The maximum Gasteiger partial charge on any atom is 0.227 e. The number of sulfonamides is 1. The largest absolute Gasteiger partial charge is 0.337 e. The number of anilines is 1. The molecule has 4 heterocycles. The van der Waals surface area contributed by atoms with Crippen LogP contribution < -0.4 is 10.0 Å². The number of rotatable bonds is 8. The lowest BCUT2D eigenvalue weighted by molar-refractivity contribution is -0.119. The summed E-state index contributed by atoms with van der Waals surface area (Å²) in [6, 6.07) is 10.8. The van der Waals surface area contributed by atoms with Crippen LogP contribution in [0.5, 0.6) is 0 Å². The zero-order valence-electron chi connectivity index (χ0n) is 24.6. The van der Waals surface area contributed by atoms with Gasteiger partial charge in [0.15, 0.2) is 11.6 Å². The summed E-state index contributed by atoms with van der Waals surface area (Å²) in [4.78, 5) is 29.3. The highest BCUT2D eigenvalue weighted by molar-refractivity contribution is 7.88. The molecule has 0 aliphatic heterocycles. The number of aromatic amines is 2. The Morgan fingerprint density at radius 2 is 1.83 bits per heavy atom. The van der Waals surface area contributed by atoms with E-state index in [0.29, 0.717) is 61.6 Å². The molecule has 7 rings (SSSR count). The summed E-state index contributed by atoms with van der Waals surface area (Å²) < 4.78 is 55.5. The Balaban J connectivity index is 1.24. The molecule has 0 unspecified atom stereocenters. The minimum absolute atomic E-state index is 0.00897. The molecule has 0 atom stereocenters. The third-order valence-electron chi connectivity index (χ3n) is 8.08. The molecule has 1 aliphatic carbocycles. The average Bonchev–Trinajstić information content (AvgIpc) is 3.79. The van der Waals surface area contributed by atoms with Crippen molar-refractivity contribution in [2.75, 3.05) is 11.6 Å². The predicted octanol–water partition coefficient (Wildman–Crippen LogP) is 5.69. The number of carbonyl (C=O) groups excluding carboxylic acids is 1. The lowest BCUT2D eigenvalue weighted by atomic mass is 10.0. The predicted molar refractivity (Wildman–Crippen MR) is 170 cm³/mol. The van der Waals surface area contributed by atoms with Crippen molar-refractivity contribution in [2.24, 2.45) is 5.92 Å². The molecular weight excluding hydrogens is 614 g/mol. The van der Waals surface area contributed by atoms with E-state index in [4.69, 9.17) is 4.98 Å². The third-order valence-corrected chi connectivity index (χ3v) is 8.75. The number of halogens is 2. The number of benzene rings is 2. The van der Waals surface area contributed by atoms with Crippen molar-refractivity contribution in [3.63, 3.8) is 0 Å². The molecule has 1 aliphatic rings. The van der Waals surface area contributed by atoms with Crippen LogP contribution in [0.15, 0.2) is 61.1 Å². The van der Waals surface area contributed by atoms with Crippen LogP contribution in [0.25, 0.3) is 55.8 Å². The van der Waals surface area contributed by atoms with Crippen molar-refractivity contribution in [3.05, 3.63) is 78.3 Å². The standard InChI is InChI=1S/C32H28F2N8O3S/c1-46(44,45)37-14-17-8-20(10-22(33)9-17)27-30-26(6-7-36-27)39-31(40-30)29-24-12-19(13-25(34)28(24)41-42-29)21-11-23(16-35-15-21)38-32(43)18-4-2-3-5-18/h6-13,15-16,18,37H,2-5,14H2,1H3,(H,38,43)(H,39,40)(H,41,42). The first kappa shape index (κ1) is 29.6. The summed E-state index contributed by atoms with van der Waals surface area (Å²) in [6.45, 7) is -0.0925. The van der Waals surface area contributed by atoms with Crippen LogP contribution in [0.2, 0.25) is 0 Å². The summed E-state index contributed by atoms with van der Waals surface area (Å²) in [5.41, 5.74) is 4.43. The van der Waals surface area contributed by atoms with E-state index in [1.54, 1.807) is 42.9 Å². The van der Waals surface area contributed by atoms with Crippen molar-refractivity contribution in [1.29, 1.82) is 0 Å². The molecule has 0 saturated heterocycles. The first-order chi connectivity index (χ1) is 22.1. The smallest absolute Gasteiger partial charge is 0.227 e. The number of amides is 1. The molecule has 2 aromatic carbocycles. The lowest BCUT2D eigenvalue weighted by Crippen LogP contribution is -2.21. The zero-order valence-corrected chi connectivity index (χ0v) is 25.4. The number of nitrogens with one attached hydrogen (secondary N) is 4. The Morgan fingerprint density at radius 3 is 2.63 bits per heavy atom. The fourth-order valence-corrected chi connectivity index (χ4v) is 6.32. The number of carbonyl (C=O) groups is 1. The number of aromatic nitrogens is 6. The van der Waals surface area contributed by atoms with Gasteiger partial charge in [-0.1, -0.05) is 12.8 Å². The molecule has 0 radical (unpaired) electrons. The second kappa shape index (κ2) is 11.7. The van der Waals surface area contributed by atoms with E-state index in [1.807, 2.05) is 0 Å². The fourth-order valence-electron chi connectivity index (χ4n) is 5.89. The summed E-state index contributed by atoms with van der Waals surface area (Å²) in [5.74, 6) is -0.797. The highest BCUT2D eigenvalue weighted by Gasteiger charge is 2.23. The van der Waals surface area contributed by atoms with Crippen molar-refractivity contribution in [2.45, 2.75) is 32.2 Å². The topological polar surface area (TPSA) is 158 Å². The summed E-state index contributed by atoms with van der Waals surface area (Å²) >= 11 is 0. The first-order valence-corrected chi connectivity index (χ1v) is 16.5. The fraction of sp³-hybridized carbons (Fsp3) is 0.219. The number of pyridine rings is 2. The summed E-state index contributed by atoms with van der Waals surface area (Å²) in [7, 11) is -3.48. The molecule has 4 N–H and O–H groups in total. The van der Waals surface area contributed by atoms with E-state index in [2.05, 4.69) is 35.2 Å². The number of nitrogens with zero attached hydrogens (tertiary/aromatic N) is 4. The molecular formula is C32H28F2N8O3S. The maximum absolute atomic E-state index is 15.4. The number of hydrogen-bond donors (Lipinski definition) is 4. The normalized spacial score (nSPS) is 14.0. The van der Waals surface area contributed by atoms with Crippen molar-refractivity contribution >= 4 is 43.6 Å². The van der Waals surface area contributed by atoms with Gasteiger partial charge in [-0.25, -0.2) is 26.9 Å². The summed E-state index contributed by atoms with van der Waals surface area (Å²) in [5, 5.41) is 10.5. The number of H-pyrrole nitrogens is 2. The quantitative estimate of drug-likeness (QED) is 0.166. The molecule has 11 nitrogen and oxygen atoms in total. The van der Waals surface area contributed by atoms with Gasteiger partial charge in [-0.3, -0.25) is 19.9 Å². The van der Waals surface area contributed by atoms with E-state index >= 15 is 4.39 Å². The van der Waals surface area contributed by atoms with E-state index in [-0.39, 0.29) is 23.9 Å². The zero-order chi connectivity index (χ0) is 32.0. The molecule has 14 heteroatoms. The van der Waals surface area contributed by atoms with Crippen LogP contribution in [0.4, 0.5) is 14.5 Å². The van der Waals surface area contributed by atoms with E-state index in [1.165, 1.54) is 18.2 Å². The van der Waals surface area contributed by atoms with Crippen molar-refractivity contribution < 1.29 is 22.0 Å². The molecule has 234 valence electrons. The summed E-state index contributed by atoms with van der Waals surface area (Å²) in [6.07, 6.45) is 9.57. The molecule has 1 amide bonds. The van der Waals surface area contributed by atoms with E-state index < -0.39 is 21.7 Å². The Morgan fingerprint density at radius 1 is 1.00 bits per heavy atom. The number of imidazole rings is 1.